The van der Waals surface area contributed by atoms with Crippen LogP contribution in [0.3, 0.4) is 0 Å². The van der Waals surface area contributed by atoms with Crippen LogP contribution in [0.15, 0.2) is 82.2 Å². The van der Waals surface area contributed by atoms with Crippen LogP contribution < -0.4 is 5.32 Å². The number of hydrogen-bond acceptors (Lipinski definition) is 5. The molecule has 0 aliphatic carbocycles. The second kappa shape index (κ2) is 7.76. The molecule has 0 saturated carbocycles. The van der Waals surface area contributed by atoms with Gasteiger partial charge in [-0.25, -0.2) is 17.8 Å². The fourth-order valence-corrected chi connectivity index (χ4v) is 3.79. The van der Waals surface area contributed by atoms with Gasteiger partial charge in [0.15, 0.2) is 0 Å². The normalized spacial score (nSPS) is 11.4. The summed E-state index contributed by atoms with van der Waals surface area (Å²) in [4.78, 5) is 8.71. The van der Waals surface area contributed by atoms with E-state index in [1.54, 1.807) is 30.3 Å². The number of halogens is 2. The molecule has 0 amide bonds. The molecule has 0 unspecified atom stereocenters. The standard InChI is InChI=1S/C20H13BrFN4O2S/c21-13-5-9-15(10-6-13)23-19-20(25-18-4-2-1-3-17(18)24-19)26-29(27,28)16-11-7-14(22)8-12-16/h1-12H,(H-,23,24,25,26)/q-1. The summed E-state index contributed by atoms with van der Waals surface area (Å²) in [7, 11) is -4.11. The van der Waals surface area contributed by atoms with Crippen LogP contribution in [-0.4, -0.2) is 18.4 Å². The van der Waals surface area contributed by atoms with Crippen molar-refractivity contribution in [2.45, 2.75) is 4.90 Å². The molecule has 6 nitrogen and oxygen atoms in total. The monoisotopic (exact) mass is 471 g/mol. The summed E-state index contributed by atoms with van der Waals surface area (Å²) in [6.07, 6.45) is 0. The first-order valence-corrected chi connectivity index (χ1v) is 10.7. The molecule has 3 aromatic carbocycles. The van der Waals surface area contributed by atoms with E-state index >= 15 is 0 Å². The van der Waals surface area contributed by atoms with E-state index in [1.807, 2.05) is 18.2 Å². The molecule has 0 aliphatic heterocycles. The van der Waals surface area contributed by atoms with Crippen molar-refractivity contribution < 1.29 is 12.8 Å². The average molecular weight is 472 g/mol. The van der Waals surface area contributed by atoms with Gasteiger partial charge in [-0.3, -0.25) is 0 Å². The average Bonchev–Trinajstić information content (AvgIpc) is 2.70. The third kappa shape index (κ3) is 4.36. The van der Waals surface area contributed by atoms with Crippen LogP contribution in [0.4, 0.5) is 21.7 Å². The summed E-state index contributed by atoms with van der Waals surface area (Å²) in [6.45, 7) is 0. The molecule has 4 aromatic rings. The Bertz CT molecular complexity index is 1280. The van der Waals surface area contributed by atoms with E-state index in [1.165, 1.54) is 0 Å². The van der Waals surface area contributed by atoms with Crippen LogP contribution in [0.2, 0.25) is 0 Å². The van der Waals surface area contributed by atoms with Crippen molar-refractivity contribution in [2.24, 2.45) is 0 Å². The number of nitrogens with one attached hydrogen (secondary N) is 1. The molecule has 0 atom stereocenters. The van der Waals surface area contributed by atoms with Gasteiger partial charge >= 0.3 is 0 Å². The molecule has 1 aromatic heterocycles. The lowest BCUT2D eigenvalue weighted by Gasteiger charge is -2.21. The number of sulfonamides is 1. The number of benzene rings is 3. The number of nitrogens with zero attached hydrogens (tertiary/aromatic N) is 3. The molecule has 1 heterocycles. The molecule has 4 rings (SSSR count). The second-order valence-electron chi connectivity index (χ2n) is 6.04. The fourth-order valence-electron chi connectivity index (χ4n) is 2.58. The molecule has 0 radical (unpaired) electrons. The molecule has 0 aliphatic rings. The molecule has 0 fully saturated rings. The van der Waals surface area contributed by atoms with Crippen LogP contribution in [0.1, 0.15) is 0 Å². The highest BCUT2D eigenvalue weighted by Gasteiger charge is 2.13. The Morgan fingerprint density at radius 2 is 1.48 bits per heavy atom. The summed E-state index contributed by atoms with van der Waals surface area (Å²) in [5.41, 5.74) is 1.78. The SMILES string of the molecule is O=S(=O)([N-]c1nc2ccccc2nc1Nc1ccc(Br)cc1)c1ccc(F)cc1. The van der Waals surface area contributed by atoms with Crippen molar-refractivity contribution in [3.63, 3.8) is 0 Å². The van der Waals surface area contributed by atoms with Gasteiger partial charge in [0, 0.05) is 10.2 Å². The van der Waals surface area contributed by atoms with E-state index in [9.17, 15) is 12.8 Å². The number of fused-ring (bicyclic) bond motifs is 1. The quantitative estimate of drug-likeness (QED) is 0.405. The fraction of sp³-hybridized carbons (Fsp3) is 0. The van der Waals surface area contributed by atoms with E-state index in [0.29, 0.717) is 16.7 Å². The molecule has 0 spiro atoms. The van der Waals surface area contributed by atoms with Crippen LogP contribution in [-0.2, 0) is 10.0 Å². The number of para-hydroxylation sites is 2. The van der Waals surface area contributed by atoms with Gasteiger partial charge in [0.05, 0.1) is 10.4 Å². The first-order valence-electron chi connectivity index (χ1n) is 8.44. The maximum absolute atomic E-state index is 13.1. The largest absolute Gasteiger partial charge is 0.431 e. The molecule has 0 bridgehead atoms. The lowest BCUT2D eigenvalue weighted by Crippen LogP contribution is -2.02. The predicted molar refractivity (Wildman–Crippen MR) is 114 cm³/mol. The smallest absolute Gasteiger partial charge is 0.202 e. The molecular formula is C20H13BrFN4O2S-. The summed E-state index contributed by atoms with van der Waals surface area (Å²) < 4.78 is 43.3. The Labute approximate surface area is 175 Å². The maximum Gasteiger partial charge on any atom is 0.202 e. The highest BCUT2D eigenvalue weighted by atomic mass is 79.9. The van der Waals surface area contributed by atoms with E-state index in [0.717, 1.165) is 28.7 Å². The zero-order valence-electron chi connectivity index (χ0n) is 14.8. The molecule has 146 valence electrons. The van der Waals surface area contributed by atoms with Gasteiger partial charge in [0.2, 0.25) is 10.0 Å². The minimum atomic E-state index is -4.11. The van der Waals surface area contributed by atoms with Gasteiger partial charge in [-0.05, 0) is 65.9 Å². The molecule has 9 heteroatoms. The zero-order valence-corrected chi connectivity index (χ0v) is 17.2. The molecule has 29 heavy (non-hydrogen) atoms. The van der Waals surface area contributed by atoms with E-state index < -0.39 is 15.8 Å². The van der Waals surface area contributed by atoms with E-state index in [4.69, 9.17) is 0 Å². The summed E-state index contributed by atoms with van der Waals surface area (Å²) in [5.74, 6) is -0.431. The topological polar surface area (TPSA) is 86.1 Å². The third-order valence-corrected chi connectivity index (χ3v) is 5.79. The highest BCUT2D eigenvalue weighted by Crippen LogP contribution is 2.34. The van der Waals surface area contributed by atoms with Crippen molar-refractivity contribution in [1.82, 2.24) is 9.97 Å². The predicted octanol–water partition coefficient (Wildman–Crippen LogP) is 5.67. The first kappa shape index (κ1) is 19.3. The summed E-state index contributed by atoms with van der Waals surface area (Å²) >= 11 is 3.37. The highest BCUT2D eigenvalue weighted by molar-refractivity contribution is 9.10. The van der Waals surface area contributed by atoms with E-state index in [2.05, 4.69) is 35.9 Å². The Kier molecular flexibility index (Phi) is 5.16. The lowest BCUT2D eigenvalue weighted by atomic mass is 10.3. The first-order chi connectivity index (χ1) is 13.9. The third-order valence-electron chi connectivity index (χ3n) is 3.98. The number of aromatic nitrogens is 2. The van der Waals surface area contributed by atoms with Crippen molar-refractivity contribution in [2.75, 3.05) is 5.32 Å². The minimum Gasteiger partial charge on any atom is -0.431 e. The molecule has 1 N–H and O–H groups in total. The van der Waals surface area contributed by atoms with Gasteiger partial charge in [-0.15, -0.1) is 0 Å². The van der Waals surface area contributed by atoms with Gasteiger partial charge in [-0.2, -0.15) is 0 Å². The van der Waals surface area contributed by atoms with Crippen LogP contribution in [0.5, 0.6) is 0 Å². The van der Waals surface area contributed by atoms with Crippen LogP contribution in [0, 0.1) is 5.82 Å². The van der Waals surface area contributed by atoms with Crippen molar-refractivity contribution in [3.05, 3.63) is 87.8 Å². The Balaban J connectivity index is 1.77. The number of hydrogen-bond donors (Lipinski definition) is 1. The Hall–Kier alpha value is -3.04. The van der Waals surface area contributed by atoms with Gasteiger partial charge in [-0.1, -0.05) is 34.1 Å². The van der Waals surface area contributed by atoms with Gasteiger partial charge in [0.25, 0.3) is 0 Å². The van der Waals surface area contributed by atoms with Gasteiger partial charge < -0.3 is 15.0 Å². The van der Waals surface area contributed by atoms with Crippen molar-refractivity contribution in [1.29, 1.82) is 0 Å². The van der Waals surface area contributed by atoms with Crippen molar-refractivity contribution in [3.8, 4) is 0 Å². The van der Waals surface area contributed by atoms with Crippen LogP contribution in [0.25, 0.3) is 15.8 Å². The van der Waals surface area contributed by atoms with E-state index in [-0.39, 0.29) is 16.5 Å². The van der Waals surface area contributed by atoms with Crippen LogP contribution >= 0.6 is 15.9 Å². The van der Waals surface area contributed by atoms with Gasteiger partial charge in [0.1, 0.15) is 11.6 Å². The number of anilines is 2. The Morgan fingerprint density at radius 1 is 0.862 bits per heavy atom. The minimum absolute atomic E-state index is 0.0871. The summed E-state index contributed by atoms with van der Waals surface area (Å²) in [5, 5.41) is 3.06. The number of rotatable bonds is 5. The molecular weight excluding hydrogens is 459 g/mol. The Morgan fingerprint density at radius 3 is 2.14 bits per heavy atom. The maximum atomic E-state index is 13.1. The lowest BCUT2D eigenvalue weighted by molar-refractivity contribution is 0.601. The second-order valence-corrected chi connectivity index (χ2v) is 8.56. The zero-order chi connectivity index (χ0) is 20.4. The van der Waals surface area contributed by atoms with Crippen molar-refractivity contribution >= 4 is 54.3 Å². The molecule has 0 saturated heterocycles. The summed E-state index contributed by atoms with van der Waals surface area (Å²) in [6, 6.07) is 18.8.